The third kappa shape index (κ3) is 14.0. The van der Waals surface area contributed by atoms with Crippen LogP contribution in [0.3, 0.4) is 0 Å². The fourth-order valence-corrected chi connectivity index (χ4v) is 3.61. The zero-order valence-electron chi connectivity index (χ0n) is 26.6. The number of esters is 2. The Bertz CT molecular complexity index is 1230. The summed E-state index contributed by atoms with van der Waals surface area (Å²) >= 11 is 0. The lowest BCUT2D eigenvalue weighted by molar-refractivity contribution is -0.160. The van der Waals surface area contributed by atoms with E-state index in [0.717, 1.165) is 4.57 Å². The second-order valence-corrected chi connectivity index (χ2v) is 12.0. The van der Waals surface area contributed by atoms with Crippen molar-refractivity contribution in [1.82, 2.24) is 15.2 Å². The summed E-state index contributed by atoms with van der Waals surface area (Å²) in [7, 11) is 1.23. The van der Waals surface area contributed by atoms with Crippen molar-refractivity contribution >= 4 is 35.5 Å². The maximum absolute atomic E-state index is 13.2. The molecule has 13 heteroatoms. The van der Waals surface area contributed by atoms with Gasteiger partial charge in [0, 0.05) is 12.3 Å². The number of aromatic nitrogens is 1. The molecule has 43 heavy (non-hydrogen) atoms. The summed E-state index contributed by atoms with van der Waals surface area (Å²) in [4.78, 5) is 75.6. The number of hydrogen-bond donors (Lipinski definition) is 3. The molecule has 0 aliphatic carbocycles. The highest BCUT2D eigenvalue weighted by Gasteiger charge is 2.31. The van der Waals surface area contributed by atoms with Crippen LogP contribution in [0.15, 0.2) is 35.3 Å². The average Bonchev–Trinajstić information content (AvgIpc) is 2.88. The zero-order chi connectivity index (χ0) is 33.0. The summed E-state index contributed by atoms with van der Waals surface area (Å²) in [5.74, 6) is -2.68. The van der Waals surface area contributed by atoms with Gasteiger partial charge in [0.25, 0.3) is 5.56 Å². The van der Waals surface area contributed by atoms with Crippen molar-refractivity contribution in [3.8, 4) is 0 Å². The lowest BCUT2D eigenvalue weighted by Gasteiger charge is -2.27. The number of nitrogens with zero attached hydrogens (tertiary/aromatic N) is 1. The number of carbonyl (C=O) groups excluding carboxylic acids is 5. The normalized spacial score (nSPS) is 13.8. The highest BCUT2D eigenvalue weighted by molar-refractivity contribution is 5.96. The van der Waals surface area contributed by atoms with Gasteiger partial charge >= 0.3 is 18.0 Å². The van der Waals surface area contributed by atoms with Gasteiger partial charge in [-0.05, 0) is 72.4 Å². The topological polar surface area (TPSA) is 171 Å². The van der Waals surface area contributed by atoms with E-state index < -0.39 is 65.2 Å². The van der Waals surface area contributed by atoms with E-state index in [-0.39, 0.29) is 24.4 Å². The Labute approximate surface area is 252 Å². The fraction of sp³-hybridized carbons (Fsp3) is 0.600. The molecule has 0 aliphatic heterocycles. The number of rotatable bonds is 13. The summed E-state index contributed by atoms with van der Waals surface area (Å²) in [5, 5.41) is 7.65. The van der Waals surface area contributed by atoms with Gasteiger partial charge in [0.2, 0.25) is 11.8 Å². The van der Waals surface area contributed by atoms with Crippen molar-refractivity contribution in [3.05, 3.63) is 40.8 Å². The highest BCUT2D eigenvalue weighted by Crippen LogP contribution is 2.15. The molecule has 0 aromatic carbocycles. The first-order valence-electron chi connectivity index (χ1n) is 14.1. The monoisotopic (exact) mass is 606 g/mol. The lowest BCUT2D eigenvalue weighted by atomic mass is 9.99. The number of carbonyl (C=O) groups is 5. The minimum Gasteiger partial charge on any atom is -0.466 e. The number of allylic oxidation sites excluding steroid dienone is 1. The molecular weight excluding hydrogens is 560 g/mol. The van der Waals surface area contributed by atoms with Crippen LogP contribution in [-0.2, 0) is 39.9 Å². The van der Waals surface area contributed by atoms with Crippen molar-refractivity contribution in [1.29, 1.82) is 0 Å². The van der Waals surface area contributed by atoms with E-state index in [1.54, 1.807) is 41.5 Å². The molecule has 1 aromatic rings. The van der Waals surface area contributed by atoms with Crippen LogP contribution >= 0.6 is 0 Å². The summed E-state index contributed by atoms with van der Waals surface area (Å²) in [5.41, 5.74) is -2.37. The third-order valence-corrected chi connectivity index (χ3v) is 5.87. The van der Waals surface area contributed by atoms with Gasteiger partial charge in [0.1, 0.15) is 35.5 Å². The van der Waals surface area contributed by atoms with E-state index in [1.807, 2.05) is 13.8 Å². The number of nitrogens with one attached hydrogen (secondary N) is 3. The Kier molecular flexibility index (Phi) is 14.1. The molecule has 0 bridgehead atoms. The smallest absolute Gasteiger partial charge is 0.408 e. The first kappa shape index (κ1) is 36.9. The predicted octanol–water partition coefficient (Wildman–Crippen LogP) is 3.06. The van der Waals surface area contributed by atoms with Gasteiger partial charge in [-0.1, -0.05) is 26.3 Å². The van der Waals surface area contributed by atoms with Crippen LogP contribution in [0.4, 0.5) is 10.5 Å². The molecule has 0 fully saturated rings. The molecule has 1 heterocycles. The van der Waals surface area contributed by atoms with Crippen LogP contribution in [0.5, 0.6) is 0 Å². The number of anilines is 1. The maximum atomic E-state index is 13.2. The number of amides is 3. The molecule has 0 saturated heterocycles. The van der Waals surface area contributed by atoms with Gasteiger partial charge in [0.15, 0.2) is 0 Å². The Hall–Kier alpha value is -4.16. The molecule has 240 valence electrons. The lowest BCUT2D eigenvalue weighted by Crippen LogP contribution is -2.49. The second kappa shape index (κ2) is 16.5. The van der Waals surface area contributed by atoms with E-state index in [2.05, 4.69) is 20.7 Å². The standard InChI is InChI=1S/C30H46N4O9/c1-10-19(2)24(27(39)42-29(3,4)5)33-22(35)18-34-17-13-15-21(26(34)38)31-25(37)20(14-11-12-16-23(36)41-9)32-28(40)43-30(6,7)8/h12-13,15-17,19-20,24H,10-11,14,18H2,1-9H3,(H,31,37)(H,32,40)(H,33,35)/t19-,20?,24+/m1/s1. The quantitative estimate of drug-likeness (QED) is 0.173. The van der Waals surface area contributed by atoms with Crippen molar-refractivity contribution in [2.45, 2.75) is 104 Å². The number of ether oxygens (including phenoxy) is 3. The van der Waals surface area contributed by atoms with Gasteiger partial charge < -0.3 is 34.7 Å². The molecule has 1 aromatic heterocycles. The number of hydrogen-bond acceptors (Lipinski definition) is 9. The van der Waals surface area contributed by atoms with Gasteiger partial charge in [0.05, 0.1) is 7.11 Å². The molecule has 0 aliphatic rings. The first-order chi connectivity index (χ1) is 19.9. The van der Waals surface area contributed by atoms with Gasteiger partial charge in [-0.3, -0.25) is 14.4 Å². The fourth-order valence-electron chi connectivity index (χ4n) is 3.61. The second-order valence-electron chi connectivity index (χ2n) is 12.0. The van der Waals surface area contributed by atoms with Crippen molar-refractivity contribution in [2.75, 3.05) is 12.4 Å². The van der Waals surface area contributed by atoms with Crippen molar-refractivity contribution < 1.29 is 38.2 Å². The Morgan fingerprint density at radius 2 is 1.63 bits per heavy atom. The SMILES string of the molecule is CC[C@@H](C)[C@H](NC(=O)Cn1cccc(NC(=O)C(CCC=CC(=O)OC)NC(=O)OC(C)(C)C)c1=O)C(=O)OC(C)(C)C. The summed E-state index contributed by atoms with van der Waals surface area (Å²) in [6.07, 6.45) is 4.10. The zero-order valence-corrected chi connectivity index (χ0v) is 26.6. The third-order valence-electron chi connectivity index (χ3n) is 5.87. The average molecular weight is 607 g/mol. The summed E-state index contributed by atoms with van der Waals surface area (Å²) in [6, 6.07) is 0.792. The number of alkyl carbamates (subject to hydrolysis) is 1. The molecule has 1 unspecified atom stereocenters. The van der Waals surface area contributed by atoms with E-state index in [0.29, 0.717) is 6.42 Å². The molecule has 3 atom stereocenters. The van der Waals surface area contributed by atoms with E-state index >= 15 is 0 Å². The van der Waals surface area contributed by atoms with E-state index in [4.69, 9.17) is 9.47 Å². The maximum Gasteiger partial charge on any atom is 0.408 e. The summed E-state index contributed by atoms with van der Waals surface area (Å²) < 4.78 is 16.3. The molecular formula is C30H46N4O9. The largest absolute Gasteiger partial charge is 0.466 e. The highest BCUT2D eigenvalue weighted by atomic mass is 16.6. The van der Waals surface area contributed by atoms with Gasteiger partial charge in [-0.25, -0.2) is 14.4 Å². The minimum absolute atomic E-state index is 0.0731. The Morgan fingerprint density at radius 3 is 2.19 bits per heavy atom. The van der Waals surface area contributed by atoms with Crippen LogP contribution in [0.1, 0.15) is 74.7 Å². The Morgan fingerprint density at radius 1 is 1.00 bits per heavy atom. The molecule has 1 rings (SSSR count). The van der Waals surface area contributed by atoms with Crippen LogP contribution < -0.4 is 21.5 Å². The van der Waals surface area contributed by atoms with E-state index in [9.17, 15) is 28.8 Å². The van der Waals surface area contributed by atoms with Crippen LogP contribution in [-0.4, -0.2) is 64.8 Å². The molecule has 0 spiro atoms. The minimum atomic E-state index is -1.13. The van der Waals surface area contributed by atoms with Crippen molar-refractivity contribution in [3.63, 3.8) is 0 Å². The molecule has 13 nitrogen and oxygen atoms in total. The molecule has 3 N–H and O–H groups in total. The van der Waals surface area contributed by atoms with Crippen molar-refractivity contribution in [2.24, 2.45) is 5.92 Å². The van der Waals surface area contributed by atoms with Gasteiger partial charge in [-0.2, -0.15) is 0 Å². The predicted molar refractivity (Wildman–Crippen MR) is 160 cm³/mol. The first-order valence-corrected chi connectivity index (χ1v) is 14.1. The molecule has 0 radical (unpaired) electrons. The molecule has 0 saturated carbocycles. The van der Waals surface area contributed by atoms with Crippen LogP contribution in [0, 0.1) is 5.92 Å². The van der Waals surface area contributed by atoms with Crippen LogP contribution in [0.25, 0.3) is 0 Å². The number of pyridine rings is 1. The van der Waals surface area contributed by atoms with Crippen LogP contribution in [0.2, 0.25) is 0 Å². The number of methoxy groups -OCH3 is 1. The molecule has 3 amide bonds. The van der Waals surface area contributed by atoms with E-state index in [1.165, 1.54) is 37.6 Å². The Balaban J connectivity index is 3.09. The summed E-state index contributed by atoms with van der Waals surface area (Å²) in [6.45, 7) is 13.5. The van der Waals surface area contributed by atoms with Gasteiger partial charge in [-0.15, -0.1) is 0 Å².